The van der Waals surface area contributed by atoms with Crippen LogP contribution in [0.5, 0.6) is 0 Å². The predicted octanol–water partition coefficient (Wildman–Crippen LogP) is 5.72. The molecule has 0 aliphatic carbocycles. The van der Waals surface area contributed by atoms with Gasteiger partial charge in [0.2, 0.25) is 10.0 Å². The summed E-state index contributed by atoms with van der Waals surface area (Å²) in [6.07, 6.45) is 6.00. The molecule has 2 aromatic rings. The molecule has 1 unspecified atom stereocenters. The molecule has 1 aliphatic rings. The van der Waals surface area contributed by atoms with Crippen LogP contribution in [0.1, 0.15) is 69.7 Å². The lowest BCUT2D eigenvalue weighted by Crippen LogP contribution is -2.33. The van der Waals surface area contributed by atoms with E-state index in [-0.39, 0.29) is 17.6 Å². The number of anilines is 1. The van der Waals surface area contributed by atoms with Gasteiger partial charge >= 0.3 is 0 Å². The van der Waals surface area contributed by atoms with Crippen molar-refractivity contribution in [3.63, 3.8) is 0 Å². The number of carbonyl (C=O) groups is 1. The van der Waals surface area contributed by atoms with Crippen LogP contribution in [0.2, 0.25) is 0 Å². The smallest absolute Gasteiger partial charge is 0.235 e. The minimum absolute atomic E-state index is 0.0139. The average Bonchev–Trinajstić information content (AvgIpc) is 3.33. The van der Waals surface area contributed by atoms with Gasteiger partial charge < -0.3 is 0 Å². The molecule has 4 nitrogen and oxygen atoms in total. The number of aryl methyl sites for hydroxylation is 1. The SMILES string of the molecule is CCCCC(=O)C(C)(C)c1ccc(N2C(CCCc3cccs3)CCS2(=O)=O)cc1. The summed E-state index contributed by atoms with van der Waals surface area (Å²) >= 11 is 1.75. The van der Waals surface area contributed by atoms with Gasteiger partial charge in [0.15, 0.2) is 0 Å². The van der Waals surface area contributed by atoms with E-state index in [2.05, 4.69) is 24.4 Å². The molecule has 1 aliphatic heterocycles. The number of benzene rings is 1. The molecule has 0 saturated carbocycles. The lowest BCUT2D eigenvalue weighted by molar-refractivity contribution is -0.123. The highest BCUT2D eigenvalue weighted by Gasteiger charge is 2.37. The predicted molar refractivity (Wildman–Crippen MR) is 126 cm³/mol. The summed E-state index contributed by atoms with van der Waals surface area (Å²) in [6, 6.07) is 11.8. The molecule has 164 valence electrons. The Hall–Kier alpha value is -1.66. The highest BCUT2D eigenvalue weighted by molar-refractivity contribution is 7.93. The van der Waals surface area contributed by atoms with Gasteiger partial charge in [-0.2, -0.15) is 0 Å². The Morgan fingerprint density at radius 1 is 1.17 bits per heavy atom. The molecule has 30 heavy (non-hydrogen) atoms. The van der Waals surface area contributed by atoms with Gasteiger partial charge in [0.25, 0.3) is 0 Å². The van der Waals surface area contributed by atoms with Crippen LogP contribution in [0, 0.1) is 0 Å². The van der Waals surface area contributed by atoms with Gasteiger partial charge in [0, 0.05) is 22.8 Å². The molecule has 1 fully saturated rings. The maximum atomic E-state index is 12.7. The van der Waals surface area contributed by atoms with Crippen LogP contribution in [0.4, 0.5) is 5.69 Å². The monoisotopic (exact) mass is 447 g/mol. The second-order valence-electron chi connectivity index (χ2n) is 8.72. The first kappa shape index (κ1) is 23.0. The maximum absolute atomic E-state index is 12.7. The standard InChI is InChI=1S/C24H33NO3S2/c1-4-5-11-23(26)24(2,3)19-12-14-21(15-13-19)25-20(16-18-30(25,27)28)8-6-9-22-10-7-17-29-22/h7,10,12-15,17,20H,4-6,8-9,11,16,18H2,1-3H3. The van der Waals surface area contributed by atoms with E-state index >= 15 is 0 Å². The van der Waals surface area contributed by atoms with Crippen molar-refractivity contribution >= 4 is 32.8 Å². The number of hydrogen-bond donors (Lipinski definition) is 0. The second-order valence-corrected chi connectivity index (χ2v) is 11.7. The topological polar surface area (TPSA) is 54.5 Å². The van der Waals surface area contributed by atoms with Crippen molar-refractivity contribution in [2.24, 2.45) is 0 Å². The minimum Gasteiger partial charge on any atom is -0.299 e. The van der Waals surface area contributed by atoms with Crippen molar-refractivity contribution in [2.75, 3.05) is 10.1 Å². The average molecular weight is 448 g/mol. The van der Waals surface area contributed by atoms with E-state index in [0.29, 0.717) is 18.5 Å². The number of Topliss-reactive ketones (excluding diaryl/α,β-unsaturated/α-hetero) is 1. The van der Waals surface area contributed by atoms with Crippen LogP contribution in [-0.2, 0) is 26.7 Å². The first-order valence-corrected chi connectivity index (χ1v) is 13.4. The normalized spacial score (nSPS) is 18.6. The van der Waals surface area contributed by atoms with Gasteiger partial charge in [0.05, 0.1) is 11.4 Å². The number of rotatable bonds is 10. The molecule has 1 saturated heterocycles. The molecule has 0 amide bonds. The van der Waals surface area contributed by atoms with Gasteiger partial charge in [-0.3, -0.25) is 9.10 Å². The number of ketones is 1. The Morgan fingerprint density at radius 2 is 1.90 bits per heavy atom. The summed E-state index contributed by atoms with van der Waals surface area (Å²) in [5.74, 6) is 0.441. The zero-order valence-electron chi connectivity index (χ0n) is 18.3. The number of unbranched alkanes of at least 4 members (excludes halogenated alkanes) is 1. The highest BCUT2D eigenvalue weighted by Crippen LogP contribution is 2.34. The lowest BCUT2D eigenvalue weighted by Gasteiger charge is -2.27. The molecule has 2 heterocycles. The number of carbonyl (C=O) groups excluding carboxylic acids is 1. The molecule has 0 N–H and O–H groups in total. The van der Waals surface area contributed by atoms with Gasteiger partial charge in [-0.1, -0.05) is 31.5 Å². The Bertz CT molecular complexity index is 931. The van der Waals surface area contributed by atoms with Crippen molar-refractivity contribution < 1.29 is 13.2 Å². The number of nitrogens with zero attached hydrogens (tertiary/aromatic N) is 1. The summed E-state index contributed by atoms with van der Waals surface area (Å²) in [5.41, 5.74) is 1.10. The van der Waals surface area contributed by atoms with Crippen molar-refractivity contribution in [2.45, 2.75) is 77.2 Å². The molecular formula is C24H33NO3S2. The first-order chi connectivity index (χ1) is 14.3. The van der Waals surface area contributed by atoms with Gasteiger partial charge in [-0.15, -0.1) is 11.3 Å². The van der Waals surface area contributed by atoms with Gasteiger partial charge in [-0.05, 0) is 75.1 Å². The van der Waals surface area contributed by atoms with Gasteiger partial charge in [0.1, 0.15) is 5.78 Å². The molecule has 6 heteroatoms. The zero-order chi connectivity index (χ0) is 21.8. The third-order valence-corrected chi connectivity index (χ3v) is 8.98. The van der Waals surface area contributed by atoms with E-state index in [0.717, 1.165) is 37.7 Å². The Balaban J connectivity index is 1.72. The third kappa shape index (κ3) is 5.14. The maximum Gasteiger partial charge on any atom is 0.235 e. The van der Waals surface area contributed by atoms with E-state index in [1.54, 1.807) is 15.6 Å². The highest BCUT2D eigenvalue weighted by atomic mass is 32.2. The third-order valence-electron chi connectivity index (χ3n) is 6.18. The molecule has 1 aromatic carbocycles. The van der Waals surface area contributed by atoms with Crippen LogP contribution in [-0.4, -0.2) is 26.0 Å². The summed E-state index contributed by atoms with van der Waals surface area (Å²) in [6.45, 7) is 6.00. The molecule has 1 atom stereocenters. The van der Waals surface area contributed by atoms with Crippen molar-refractivity contribution in [3.8, 4) is 0 Å². The number of hydrogen-bond acceptors (Lipinski definition) is 4. The summed E-state index contributed by atoms with van der Waals surface area (Å²) in [5, 5.41) is 2.08. The van der Waals surface area contributed by atoms with Crippen LogP contribution in [0.15, 0.2) is 41.8 Å². The summed E-state index contributed by atoms with van der Waals surface area (Å²) in [4.78, 5) is 14.0. The molecule has 0 radical (unpaired) electrons. The summed E-state index contributed by atoms with van der Waals surface area (Å²) in [7, 11) is -3.28. The fourth-order valence-electron chi connectivity index (χ4n) is 4.16. The van der Waals surface area contributed by atoms with Crippen LogP contribution >= 0.6 is 11.3 Å². The second kappa shape index (κ2) is 9.65. The van der Waals surface area contributed by atoms with E-state index in [4.69, 9.17) is 0 Å². The molecule has 3 rings (SSSR count). The van der Waals surface area contributed by atoms with Crippen LogP contribution in [0.3, 0.4) is 0 Å². The fraction of sp³-hybridized carbons (Fsp3) is 0.542. The van der Waals surface area contributed by atoms with Crippen molar-refractivity contribution in [1.82, 2.24) is 0 Å². The van der Waals surface area contributed by atoms with Gasteiger partial charge in [-0.25, -0.2) is 8.42 Å². The Morgan fingerprint density at radius 3 is 2.53 bits per heavy atom. The summed E-state index contributed by atoms with van der Waals surface area (Å²) < 4.78 is 27.1. The number of thiophene rings is 1. The van der Waals surface area contributed by atoms with E-state index in [1.807, 2.05) is 38.1 Å². The van der Waals surface area contributed by atoms with E-state index in [9.17, 15) is 13.2 Å². The van der Waals surface area contributed by atoms with E-state index in [1.165, 1.54) is 4.88 Å². The molecule has 1 aromatic heterocycles. The first-order valence-electron chi connectivity index (χ1n) is 10.9. The number of sulfonamides is 1. The fourth-order valence-corrected chi connectivity index (χ4v) is 6.79. The molecule has 0 bridgehead atoms. The zero-order valence-corrected chi connectivity index (χ0v) is 19.9. The minimum atomic E-state index is -3.28. The largest absolute Gasteiger partial charge is 0.299 e. The quantitative estimate of drug-likeness (QED) is 0.468. The molecule has 0 spiro atoms. The molecular weight excluding hydrogens is 414 g/mol. The van der Waals surface area contributed by atoms with Crippen molar-refractivity contribution in [3.05, 3.63) is 52.2 Å². The van der Waals surface area contributed by atoms with E-state index < -0.39 is 15.4 Å². The Kier molecular flexibility index (Phi) is 7.40. The van der Waals surface area contributed by atoms with Crippen molar-refractivity contribution in [1.29, 1.82) is 0 Å². The Labute approximate surface area is 185 Å². The van der Waals surface area contributed by atoms with Crippen LogP contribution < -0.4 is 4.31 Å². The van der Waals surface area contributed by atoms with Crippen LogP contribution in [0.25, 0.3) is 0 Å². The lowest BCUT2D eigenvalue weighted by atomic mass is 9.79.